The molecule has 1 aromatic carbocycles. The molecule has 0 bridgehead atoms. The summed E-state index contributed by atoms with van der Waals surface area (Å²) in [6.07, 6.45) is 9.36. The van der Waals surface area contributed by atoms with Crippen molar-refractivity contribution < 1.29 is 28.4 Å². The number of benzene rings is 1. The second-order valence-corrected chi connectivity index (χ2v) is 15.6. The molecule has 3 aliphatic heterocycles. The zero-order chi connectivity index (χ0) is 35.3. The maximum Gasteiger partial charge on any atom is 0.319 e. The Morgan fingerprint density at radius 3 is 2.75 bits per heavy atom. The summed E-state index contributed by atoms with van der Waals surface area (Å²) in [5.41, 5.74) is 0.618. The van der Waals surface area contributed by atoms with Crippen LogP contribution in [-0.4, -0.2) is 113 Å². The minimum Gasteiger partial charge on any atom is -0.480 e. The van der Waals surface area contributed by atoms with Gasteiger partial charge in [-0.25, -0.2) is 9.37 Å². The Balaban J connectivity index is 1.22. The smallest absolute Gasteiger partial charge is 0.319 e. The number of aryl methyl sites for hydroxylation is 1. The quantitative estimate of drug-likeness (QED) is 0.232. The molecule has 14 heteroatoms. The number of pyridine rings is 1. The first-order valence-electron chi connectivity index (χ1n) is 18.2. The van der Waals surface area contributed by atoms with Crippen LogP contribution in [-0.2, 0) is 9.47 Å². The molecule has 8 rings (SSSR count). The number of likely N-dealkylation sites (tertiary alicyclic amines) is 1. The van der Waals surface area contributed by atoms with Gasteiger partial charge in [0, 0.05) is 48.7 Å². The van der Waals surface area contributed by atoms with E-state index in [4.69, 9.17) is 45.5 Å². The van der Waals surface area contributed by atoms with Gasteiger partial charge in [-0.1, -0.05) is 18.0 Å². The normalized spacial score (nSPS) is 26.5. The van der Waals surface area contributed by atoms with Crippen LogP contribution in [0, 0.1) is 24.1 Å². The van der Waals surface area contributed by atoms with Crippen molar-refractivity contribution in [3.8, 4) is 23.1 Å². The predicted molar refractivity (Wildman–Crippen MR) is 192 cm³/mol. The first-order chi connectivity index (χ1) is 24.7. The lowest BCUT2D eigenvalue weighted by Crippen LogP contribution is -2.53. The number of anilines is 1. The number of methoxy groups -OCH3 is 1. The van der Waals surface area contributed by atoms with E-state index in [0.717, 1.165) is 76.8 Å². The molecule has 4 aromatic rings. The van der Waals surface area contributed by atoms with Crippen molar-refractivity contribution in [1.82, 2.24) is 30.0 Å². The second-order valence-electron chi connectivity index (χ2n) is 15.2. The molecule has 0 amide bonds. The van der Waals surface area contributed by atoms with Crippen LogP contribution >= 0.6 is 11.6 Å². The van der Waals surface area contributed by atoms with Gasteiger partial charge in [-0.05, 0) is 76.5 Å². The van der Waals surface area contributed by atoms with E-state index >= 15 is 4.39 Å². The number of rotatable bonds is 8. The summed E-state index contributed by atoms with van der Waals surface area (Å²) in [7, 11) is 1.49. The van der Waals surface area contributed by atoms with Gasteiger partial charge < -0.3 is 29.0 Å². The van der Waals surface area contributed by atoms with Crippen LogP contribution < -0.4 is 14.4 Å². The van der Waals surface area contributed by atoms with E-state index in [0.29, 0.717) is 59.0 Å². The summed E-state index contributed by atoms with van der Waals surface area (Å²) in [5.74, 6) is 0.477. The molecule has 2 N–H and O–H groups in total. The third-order valence-electron chi connectivity index (χ3n) is 11.5. The van der Waals surface area contributed by atoms with Gasteiger partial charge in [0.25, 0.3) is 0 Å². The highest BCUT2D eigenvalue weighted by molar-refractivity contribution is 6.35. The molecule has 4 aliphatic rings. The van der Waals surface area contributed by atoms with Crippen LogP contribution in [0.25, 0.3) is 33.1 Å². The van der Waals surface area contributed by atoms with Gasteiger partial charge in [0.1, 0.15) is 28.0 Å². The number of nitrogens with zero attached hydrogens (tertiary/aromatic N) is 6. The molecule has 274 valence electrons. The van der Waals surface area contributed by atoms with Crippen LogP contribution in [0.1, 0.15) is 57.4 Å². The van der Waals surface area contributed by atoms with Gasteiger partial charge in [-0.2, -0.15) is 15.1 Å². The predicted octanol–water partition coefficient (Wildman–Crippen LogP) is 5.71. The standard InChI is InChI=1S/C37H47ClFN7O5/c1-22-16-25-24(17-40-44-25)27(29(22)38)31-30(39)32-28(34(41-31)48-3)33(46-12-15-50-20-36(2,47)19-46)43-35(42-32)51-21-37-9-4-6-26(37)45(11-5-10-37)18-23-7-13-49-14-8-23/h16-17,23,26,47H,4-15,18-21H2,1-3H3,(H,40,44)/t26-,36+,37-/m1/s1. The fourth-order valence-electron chi connectivity index (χ4n) is 9.03. The maximum atomic E-state index is 17.2. The van der Waals surface area contributed by atoms with Crippen molar-refractivity contribution in [1.29, 1.82) is 0 Å². The Kier molecular flexibility index (Phi) is 9.45. The molecule has 3 atom stereocenters. The van der Waals surface area contributed by atoms with Crippen molar-refractivity contribution >= 4 is 39.2 Å². The molecule has 0 radical (unpaired) electrons. The number of hydrogen-bond acceptors (Lipinski definition) is 11. The summed E-state index contributed by atoms with van der Waals surface area (Å²) in [5, 5.41) is 19.6. The summed E-state index contributed by atoms with van der Waals surface area (Å²) in [6.45, 7) is 8.99. The fourth-order valence-corrected chi connectivity index (χ4v) is 9.27. The Morgan fingerprint density at radius 2 is 1.92 bits per heavy atom. The van der Waals surface area contributed by atoms with E-state index in [2.05, 4.69) is 15.1 Å². The van der Waals surface area contributed by atoms with Gasteiger partial charge in [0.15, 0.2) is 5.82 Å². The molecule has 0 unspecified atom stereocenters. The number of H-pyrrole nitrogens is 1. The zero-order valence-electron chi connectivity index (χ0n) is 29.6. The lowest BCUT2D eigenvalue weighted by molar-refractivity contribution is -0.0203. The van der Waals surface area contributed by atoms with E-state index in [1.165, 1.54) is 7.11 Å². The van der Waals surface area contributed by atoms with E-state index < -0.39 is 11.4 Å². The minimum atomic E-state index is -1.18. The third-order valence-corrected chi connectivity index (χ3v) is 12.0. The number of nitrogens with one attached hydrogen (secondary N) is 1. The minimum absolute atomic E-state index is 0.00105. The number of fused-ring (bicyclic) bond motifs is 3. The van der Waals surface area contributed by atoms with Crippen molar-refractivity contribution in [2.45, 2.75) is 70.4 Å². The first kappa shape index (κ1) is 34.7. The monoisotopic (exact) mass is 723 g/mol. The number of piperidine rings is 1. The van der Waals surface area contributed by atoms with Crippen molar-refractivity contribution in [3.05, 3.63) is 28.7 Å². The van der Waals surface area contributed by atoms with Crippen LogP contribution in [0.3, 0.4) is 0 Å². The molecule has 0 spiro atoms. The summed E-state index contributed by atoms with van der Waals surface area (Å²) in [6, 6.07) is 2.36. The highest BCUT2D eigenvalue weighted by atomic mass is 35.5. The molecular weight excluding hydrogens is 677 g/mol. The Morgan fingerprint density at radius 1 is 1.10 bits per heavy atom. The molecule has 3 aromatic heterocycles. The number of ether oxygens (including phenoxy) is 4. The highest BCUT2D eigenvalue weighted by Crippen LogP contribution is 2.49. The Labute approximate surface area is 302 Å². The van der Waals surface area contributed by atoms with Crippen LogP contribution in [0.4, 0.5) is 10.2 Å². The highest BCUT2D eigenvalue weighted by Gasteiger charge is 2.49. The maximum absolute atomic E-state index is 17.2. The number of aromatic amines is 1. The Bertz CT molecular complexity index is 1920. The summed E-state index contributed by atoms with van der Waals surface area (Å²) in [4.78, 5) is 19.0. The number of β-amino-alcohol motifs (C(OH)–C–C–N with tert-alkyl or cyclic N) is 1. The fraction of sp³-hybridized carbons (Fsp3) is 0.622. The Hall–Kier alpha value is -3.36. The SMILES string of the molecule is COc1nc(-c2c(Cl)c(C)cc3[nH]ncc23)c(F)c2nc(OC[C@]34CCC[C@H]3N(CC3CCOCC3)CCC4)nc(N3CCOC[C@@](C)(O)C3)c12. The summed E-state index contributed by atoms with van der Waals surface area (Å²) < 4.78 is 41.0. The average Bonchev–Trinajstić information content (AvgIpc) is 3.73. The lowest BCUT2D eigenvalue weighted by atomic mass is 9.75. The van der Waals surface area contributed by atoms with E-state index in [1.54, 1.807) is 13.1 Å². The topological polar surface area (TPSA) is 131 Å². The van der Waals surface area contributed by atoms with Crippen LogP contribution in [0.15, 0.2) is 12.3 Å². The molecule has 12 nitrogen and oxygen atoms in total. The van der Waals surface area contributed by atoms with Gasteiger partial charge in [-0.15, -0.1) is 0 Å². The van der Waals surface area contributed by atoms with Gasteiger partial charge in [0.05, 0.1) is 50.2 Å². The third kappa shape index (κ3) is 6.49. The number of aromatic nitrogens is 5. The molecule has 1 aliphatic carbocycles. The zero-order valence-corrected chi connectivity index (χ0v) is 30.4. The largest absolute Gasteiger partial charge is 0.480 e. The first-order valence-corrected chi connectivity index (χ1v) is 18.6. The van der Waals surface area contributed by atoms with E-state index in [9.17, 15) is 5.11 Å². The summed E-state index contributed by atoms with van der Waals surface area (Å²) >= 11 is 6.87. The van der Waals surface area contributed by atoms with Crippen LogP contribution in [0.2, 0.25) is 5.02 Å². The average molecular weight is 724 g/mol. The number of hydrogen-bond donors (Lipinski definition) is 2. The second kappa shape index (κ2) is 13.9. The molecule has 3 saturated heterocycles. The van der Waals surface area contributed by atoms with E-state index in [-0.39, 0.29) is 47.1 Å². The van der Waals surface area contributed by atoms with Crippen LogP contribution in [0.5, 0.6) is 11.9 Å². The molecule has 51 heavy (non-hydrogen) atoms. The molecule has 4 fully saturated rings. The van der Waals surface area contributed by atoms with Gasteiger partial charge in [0.2, 0.25) is 5.88 Å². The van der Waals surface area contributed by atoms with Gasteiger partial charge >= 0.3 is 6.01 Å². The number of halogens is 2. The number of aliphatic hydroxyl groups is 1. The van der Waals surface area contributed by atoms with Gasteiger partial charge in [-0.3, -0.25) is 10.00 Å². The van der Waals surface area contributed by atoms with Crippen molar-refractivity contribution in [3.63, 3.8) is 0 Å². The molecule has 6 heterocycles. The van der Waals surface area contributed by atoms with Crippen molar-refractivity contribution in [2.24, 2.45) is 11.3 Å². The molecule has 1 saturated carbocycles. The molecular formula is C37H47ClFN7O5. The van der Waals surface area contributed by atoms with E-state index in [1.807, 2.05) is 17.9 Å². The lowest BCUT2D eigenvalue weighted by Gasteiger charge is -2.47. The van der Waals surface area contributed by atoms with Crippen molar-refractivity contribution in [2.75, 3.05) is 71.2 Å².